The van der Waals surface area contributed by atoms with Crippen molar-refractivity contribution in [3.63, 3.8) is 0 Å². The molecule has 0 radical (unpaired) electrons. The van der Waals surface area contributed by atoms with Gasteiger partial charge in [0, 0.05) is 22.6 Å². The molecule has 1 aliphatic heterocycles. The van der Waals surface area contributed by atoms with Gasteiger partial charge >= 0.3 is 5.51 Å². The lowest BCUT2D eigenvalue weighted by molar-refractivity contribution is -0.0328. The molecule has 1 aliphatic rings. The van der Waals surface area contributed by atoms with Gasteiger partial charge in [0.05, 0.1) is 10.7 Å². The first-order valence-electron chi connectivity index (χ1n) is 7.08. The van der Waals surface area contributed by atoms with Gasteiger partial charge in [0.1, 0.15) is 13.2 Å². The first-order valence-corrected chi connectivity index (χ1v) is 8.27. The van der Waals surface area contributed by atoms with Crippen LogP contribution in [0.25, 0.3) is 0 Å². The molecule has 132 valence electrons. The molecule has 0 unspecified atom stereocenters. The SMILES string of the molecule is O=C(Nc1cc2c(cc1Cl)OCCO2)c1ccc(SC(F)(F)F)cc1. The van der Waals surface area contributed by atoms with Gasteiger partial charge in [-0.15, -0.1) is 0 Å². The molecule has 2 aromatic carbocycles. The molecule has 0 aliphatic carbocycles. The van der Waals surface area contributed by atoms with E-state index in [1.807, 2.05) is 0 Å². The van der Waals surface area contributed by atoms with Gasteiger partial charge in [-0.2, -0.15) is 13.2 Å². The predicted octanol–water partition coefficient (Wildman–Crippen LogP) is 4.98. The van der Waals surface area contributed by atoms with E-state index in [2.05, 4.69) is 5.32 Å². The Morgan fingerprint density at radius 2 is 1.68 bits per heavy atom. The van der Waals surface area contributed by atoms with Crippen molar-refractivity contribution in [2.45, 2.75) is 10.4 Å². The number of alkyl halides is 3. The predicted molar refractivity (Wildman–Crippen MR) is 88.7 cm³/mol. The number of halogens is 4. The van der Waals surface area contributed by atoms with Crippen molar-refractivity contribution in [2.24, 2.45) is 0 Å². The Morgan fingerprint density at radius 1 is 1.08 bits per heavy atom. The first kappa shape index (κ1) is 17.8. The van der Waals surface area contributed by atoms with Crippen molar-refractivity contribution in [3.05, 3.63) is 47.0 Å². The van der Waals surface area contributed by atoms with Crippen LogP contribution in [0.5, 0.6) is 11.5 Å². The van der Waals surface area contributed by atoms with E-state index in [9.17, 15) is 18.0 Å². The Hall–Kier alpha value is -2.06. The van der Waals surface area contributed by atoms with Crippen LogP contribution in [0.2, 0.25) is 5.02 Å². The van der Waals surface area contributed by atoms with Crippen molar-refractivity contribution in [1.29, 1.82) is 0 Å². The second kappa shape index (κ2) is 7.05. The highest BCUT2D eigenvalue weighted by atomic mass is 35.5. The number of ether oxygens (including phenoxy) is 2. The van der Waals surface area contributed by atoms with Gasteiger partial charge in [0.15, 0.2) is 11.5 Å². The van der Waals surface area contributed by atoms with E-state index >= 15 is 0 Å². The standard InChI is InChI=1S/C16H11ClF3NO3S/c17-11-7-13-14(24-6-5-23-13)8-12(11)21-15(22)9-1-3-10(4-2-9)25-16(18,19)20/h1-4,7-8H,5-6H2,(H,21,22). The molecular formula is C16H11ClF3NO3S. The van der Waals surface area contributed by atoms with E-state index in [0.717, 1.165) is 0 Å². The lowest BCUT2D eigenvalue weighted by atomic mass is 10.2. The molecule has 1 heterocycles. The summed E-state index contributed by atoms with van der Waals surface area (Å²) in [6.07, 6.45) is 0. The first-order chi connectivity index (χ1) is 11.8. The van der Waals surface area contributed by atoms with Gasteiger partial charge in [-0.1, -0.05) is 11.6 Å². The van der Waals surface area contributed by atoms with Crippen LogP contribution in [0.15, 0.2) is 41.3 Å². The third kappa shape index (κ3) is 4.52. The average Bonchev–Trinajstić information content (AvgIpc) is 2.54. The molecule has 1 amide bonds. The zero-order valence-corrected chi connectivity index (χ0v) is 14.1. The molecular weight excluding hydrogens is 379 g/mol. The zero-order chi connectivity index (χ0) is 18.0. The minimum Gasteiger partial charge on any atom is -0.486 e. The monoisotopic (exact) mass is 389 g/mol. The molecule has 1 N–H and O–H groups in total. The van der Waals surface area contributed by atoms with Gasteiger partial charge in [-0.05, 0) is 36.0 Å². The number of carbonyl (C=O) groups excluding carboxylic acids is 1. The Balaban J connectivity index is 1.74. The number of anilines is 1. The van der Waals surface area contributed by atoms with Crippen LogP contribution in [0.4, 0.5) is 18.9 Å². The normalized spacial score (nSPS) is 13.4. The summed E-state index contributed by atoms with van der Waals surface area (Å²) < 4.78 is 47.8. The van der Waals surface area contributed by atoms with E-state index in [0.29, 0.717) is 30.4 Å². The lowest BCUT2D eigenvalue weighted by Gasteiger charge is -2.20. The van der Waals surface area contributed by atoms with Crippen molar-refractivity contribution in [2.75, 3.05) is 18.5 Å². The second-order valence-electron chi connectivity index (χ2n) is 5.00. The summed E-state index contributed by atoms with van der Waals surface area (Å²) >= 11 is 5.87. The molecule has 0 aromatic heterocycles. The third-order valence-electron chi connectivity index (χ3n) is 3.23. The van der Waals surface area contributed by atoms with Crippen molar-refractivity contribution in [1.82, 2.24) is 0 Å². The van der Waals surface area contributed by atoms with Crippen LogP contribution in [0.3, 0.4) is 0 Å². The number of rotatable bonds is 3. The summed E-state index contributed by atoms with van der Waals surface area (Å²) in [5.74, 6) is 0.452. The summed E-state index contributed by atoms with van der Waals surface area (Å²) in [6, 6.07) is 8.18. The summed E-state index contributed by atoms with van der Waals surface area (Å²) in [6.45, 7) is 0.803. The Labute approximate surface area is 150 Å². The van der Waals surface area contributed by atoms with Crippen molar-refractivity contribution >= 4 is 35.0 Å². The maximum atomic E-state index is 12.3. The highest BCUT2D eigenvalue weighted by Gasteiger charge is 2.29. The number of fused-ring (bicyclic) bond motifs is 1. The number of thioether (sulfide) groups is 1. The topological polar surface area (TPSA) is 47.6 Å². The van der Waals surface area contributed by atoms with Gasteiger partial charge in [0.2, 0.25) is 0 Å². The summed E-state index contributed by atoms with van der Waals surface area (Å²) in [5.41, 5.74) is -3.84. The van der Waals surface area contributed by atoms with Crippen LogP contribution in [-0.4, -0.2) is 24.6 Å². The average molecular weight is 390 g/mol. The number of hydrogen-bond donors (Lipinski definition) is 1. The molecule has 9 heteroatoms. The molecule has 2 aromatic rings. The highest BCUT2D eigenvalue weighted by molar-refractivity contribution is 8.00. The van der Waals surface area contributed by atoms with Crippen LogP contribution < -0.4 is 14.8 Å². The maximum absolute atomic E-state index is 12.3. The molecule has 0 atom stereocenters. The van der Waals surface area contributed by atoms with Crippen LogP contribution >= 0.6 is 23.4 Å². The quantitative estimate of drug-likeness (QED) is 0.752. The fourth-order valence-corrected chi connectivity index (χ4v) is 2.90. The van der Waals surface area contributed by atoms with Crippen molar-refractivity contribution < 1.29 is 27.4 Å². The largest absolute Gasteiger partial charge is 0.486 e. The molecule has 0 fully saturated rings. The summed E-state index contributed by atoms with van der Waals surface area (Å²) in [4.78, 5) is 12.3. The number of carbonyl (C=O) groups is 1. The van der Waals surface area contributed by atoms with Crippen LogP contribution in [0, 0.1) is 0 Å². The van der Waals surface area contributed by atoms with Crippen molar-refractivity contribution in [3.8, 4) is 11.5 Å². The van der Waals surface area contributed by atoms with Crippen LogP contribution in [0.1, 0.15) is 10.4 Å². The summed E-state index contributed by atoms with van der Waals surface area (Å²) in [5, 5.41) is 2.87. The van der Waals surface area contributed by atoms with E-state index in [1.54, 1.807) is 6.07 Å². The van der Waals surface area contributed by atoms with E-state index < -0.39 is 11.4 Å². The van der Waals surface area contributed by atoms with Gasteiger partial charge in [-0.3, -0.25) is 4.79 Å². The molecule has 0 saturated heterocycles. The third-order valence-corrected chi connectivity index (χ3v) is 4.28. The minimum atomic E-state index is -4.37. The summed E-state index contributed by atoms with van der Waals surface area (Å²) in [7, 11) is 0. The Morgan fingerprint density at radius 3 is 2.28 bits per heavy atom. The maximum Gasteiger partial charge on any atom is 0.446 e. The van der Waals surface area contributed by atoms with Gasteiger partial charge in [-0.25, -0.2) is 0 Å². The molecule has 0 saturated carbocycles. The number of benzene rings is 2. The minimum absolute atomic E-state index is 0.00131. The van der Waals surface area contributed by atoms with Gasteiger partial charge < -0.3 is 14.8 Å². The molecule has 0 spiro atoms. The van der Waals surface area contributed by atoms with E-state index in [-0.39, 0.29) is 27.2 Å². The lowest BCUT2D eigenvalue weighted by Crippen LogP contribution is -2.17. The smallest absolute Gasteiger partial charge is 0.446 e. The second-order valence-corrected chi connectivity index (χ2v) is 6.55. The Kier molecular flexibility index (Phi) is 5.01. The number of nitrogens with one attached hydrogen (secondary N) is 1. The fraction of sp³-hybridized carbons (Fsp3) is 0.188. The fourth-order valence-electron chi connectivity index (χ4n) is 2.16. The molecule has 3 rings (SSSR count). The van der Waals surface area contributed by atoms with Crippen LogP contribution in [-0.2, 0) is 0 Å². The zero-order valence-electron chi connectivity index (χ0n) is 12.5. The van der Waals surface area contributed by atoms with E-state index in [1.165, 1.54) is 30.3 Å². The molecule has 4 nitrogen and oxygen atoms in total. The van der Waals surface area contributed by atoms with E-state index in [4.69, 9.17) is 21.1 Å². The Bertz CT molecular complexity index is 796. The number of hydrogen-bond acceptors (Lipinski definition) is 4. The molecule has 25 heavy (non-hydrogen) atoms. The number of amides is 1. The van der Waals surface area contributed by atoms with Gasteiger partial charge in [0.25, 0.3) is 5.91 Å². The molecule has 0 bridgehead atoms. The highest BCUT2D eigenvalue weighted by Crippen LogP contribution is 2.38.